The summed E-state index contributed by atoms with van der Waals surface area (Å²) >= 11 is 4.42. The SMILES string of the molecule is CC(C(N)C=S)[N+](=O)[O-]. The van der Waals surface area contributed by atoms with Crippen LogP contribution in [0.1, 0.15) is 6.92 Å². The molecule has 0 bridgehead atoms. The molecule has 0 aliphatic heterocycles. The molecule has 0 spiro atoms. The fourth-order valence-electron chi connectivity index (χ4n) is 0.254. The van der Waals surface area contributed by atoms with Crippen LogP contribution in [0.25, 0.3) is 0 Å². The van der Waals surface area contributed by atoms with Crippen molar-refractivity contribution in [1.82, 2.24) is 0 Å². The third-order valence-electron chi connectivity index (χ3n) is 1.05. The van der Waals surface area contributed by atoms with Gasteiger partial charge in [-0.25, -0.2) is 0 Å². The summed E-state index contributed by atoms with van der Waals surface area (Å²) < 4.78 is 0. The highest BCUT2D eigenvalue weighted by atomic mass is 32.1. The molecule has 4 nitrogen and oxygen atoms in total. The molecule has 2 atom stereocenters. The summed E-state index contributed by atoms with van der Waals surface area (Å²) in [6.07, 6.45) is 0. The average molecular weight is 148 g/mol. The summed E-state index contributed by atoms with van der Waals surface area (Å²) in [5.41, 5.74) is 5.22. The van der Waals surface area contributed by atoms with E-state index in [2.05, 4.69) is 12.2 Å². The van der Waals surface area contributed by atoms with E-state index in [1.165, 1.54) is 12.3 Å². The molecule has 0 saturated heterocycles. The molecule has 2 unspecified atom stereocenters. The lowest BCUT2D eigenvalue weighted by atomic mass is 10.2. The highest BCUT2D eigenvalue weighted by Gasteiger charge is 2.19. The molecule has 0 aliphatic carbocycles. The van der Waals surface area contributed by atoms with Gasteiger partial charge in [-0.3, -0.25) is 10.1 Å². The molecule has 9 heavy (non-hydrogen) atoms. The topological polar surface area (TPSA) is 69.2 Å². The van der Waals surface area contributed by atoms with Gasteiger partial charge in [-0.1, -0.05) is 12.2 Å². The normalized spacial score (nSPS) is 16.2. The van der Waals surface area contributed by atoms with Gasteiger partial charge in [0.1, 0.15) is 6.04 Å². The van der Waals surface area contributed by atoms with Crippen LogP contribution in [0.15, 0.2) is 0 Å². The molecule has 0 aromatic carbocycles. The zero-order chi connectivity index (χ0) is 7.44. The molecule has 0 aromatic rings. The summed E-state index contributed by atoms with van der Waals surface area (Å²) in [5, 5.41) is 11.2. The van der Waals surface area contributed by atoms with Crippen molar-refractivity contribution >= 4 is 17.6 Å². The van der Waals surface area contributed by atoms with Gasteiger partial charge in [-0.2, -0.15) is 0 Å². The Morgan fingerprint density at radius 1 is 1.89 bits per heavy atom. The van der Waals surface area contributed by atoms with Gasteiger partial charge in [0.15, 0.2) is 0 Å². The van der Waals surface area contributed by atoms with Gasteiger partial charge in [0.2, 0.25) is 6.04 Å². The van der Waals surface area contributed by atoms with Crippen LogP contribution in [0.2, 0.25) is 0 Å². The van der Waals surface area contributed by atoms with Crippen molar-refractivity contribution in [3.63, 3.8) is 0 Å². The van der Waals surface area contributed by atoms with E-state index in [0.717, 1.165) is 0 Å². The Bertz CT molecular complexity index is 128. The maximum absolute atomic E-state index is 9.96. The summed E-state index contributed by atoms with van der Waals surface area (Å²) in [7, 11) is 0. The van der Waals surface area contributed by atoms with Crippen molar-refractivity contribution in [2.75, 3.05) is 0 Å². The lowest BCUT2D eigenvalue weighted by molar-refractivity contribution is -0.517. The van der Waals surface area contributed by atoms with Gasteiger partial charge in [-0.05, 0) is 0 Å². The van der Waals surface area contributed by atoms with Gasteiger partial charge in [0, 0.05) is 17.2 Å². The minimum Gasteiger partial charge on any atom is -0.318 e. The van der Waals surface area contributed by atoms with E-state index in [-0.39, 0.29) is 0 Å². The summed E-state index contributed by atoms with van der Waals surface area (Å²) in [5.74, 6) is 0. The zero-order valence-corrected chi connectivity index (χ0v) is 5.80. The van der Waals surface area contributed by atoms with Crippen molar-refractivity contribution in [2.24, 2.45) is 5.73 Å². The van der Waals surface area contributed by atoms with E-state index in [0.29, 0.717) is 0 Å². The Kier molecular flexibility index (Phi) is 3.26. The van der Waals surface area contributed by atoms with Crippen LogP contribution in [0.3, 0.4) is 0 Å². The molecule has 52 valence electrons. The second-order valence-corrected chi connectivity index (χ2v) is 2.01. The first-order chi connectivity index (χ1) is 4.09. The van der Waals surface area contributed by atoms with E-state index in [1.54, 1.807) is 0 Å². The van der Waals surface area contributed by atoms with Gasteiger partial charge < -0.3 is 5.73 Å². The highest BCUT2D eigenvalue weighted by Crippen LogP contribution is 1.90. The number of hydrogen-bond donors (Lipinski definition) is 1. The quantitative estimate of drug-likeness (QED) is 0.347. The van der Waals surface area contributed by atoms with Crippen LogP contribution in [-0.2, 0) is 0 Å². The van der Waals surface area contributed by atoms with Crippen molar-refractivity contribution in [1.29, 1.82) is 0 Å². The fourth-order valence-corrected chi connectivity index (χ4v) is 0.482. The van der Waals surface area contributed by atoms with Crippen LogP contribution >= 0.6 is 12.2 Å². The number of hydrogen-bond acceptors (Lipinski definition) is 4. The van der Waals surface area contributed by atoms with Gasteiger partial charge in [0.25, 0.3) is 0 Å². The molecule has 5 heteroatoms. The summed E-state index contributed by atoms with van der Waals surface area (Å²) in [4.78, 5) is 9.51. The summed E-state index contributed by atoms with van der Waals surface area (Å²) in [6.45, 7) is 1.42. The van der Waals surface area contributed by atoms with E-state index < -0.39 is 17.0 Å². The number of nitrogens with two attached hydrogens (primary N) is 1. The molecule has 0 aliphatic rings. The molecule has 0 aromatic heterocycles. The average Bonchev–Trinajstić information content (AvgIpc) is 1.84. The van der Waals surface area contributed by atoms with Crippen LogP contribution in [0, 0.1) is 10.1 Å². The molecule has 0 saturated carbocycles. The number of nitrogens with zero attached hydrogens (tertiary/aromatic N) is 1. The second kappa shape index (κ2) is 3.47. The van der Waals surface area contributed by atoms with Crippen molar-refractivity contribution in [3.8, 4) is 0 Å². The molecule has 0 heterocycles. The van der Waals surface area contributed by atoms with E-state index in [1.807, 2.05) is 0 Å². The maximum atomic E-state index is 9.96. The third-order valence-corrected chi connectivity index (χ3v) is 1.36. The third kappa shape index (κ3) is 2.48. The molecule has 0 radical (unpaired) electrons. The van der Waals surface area contributed by atoms with Crippen molar-refractivity contribution in [2.45, 2.75) is 19.0 Å². The van der Waals surface area contributed by atoms with Gasteiger partial charge >= 0.3 is 0 Å². The predicted octanol–water partition coefficient (Wildman–Crippen LogP) is -0.0214. The first-order valence-electron chi connectivity index (χ1n) is 2.44. The smallest absolute Gasteiger partial charge is 0.229 e. The highest BCUT2D eigenvalue weighted by molar-refractivity contribution is 7.79. The van der Waals surface area contributed by atoms with Crippen LogP contribution in [0.4, 0.5) is 0 Å². The van der Waals surface area contributed by atoms with Crippen molar-refractivity contribution in [3.05, 3.63) is 10.1 Å². The fraction of sp³-hybridized carbons (Fsp3) is 0.750. The van der Waals surface area contributed by atoms with Gasteiger partial charge in [-0.15, -0.1) is 0 Å². The van der Waals surface area contributed by atoms with Crippen LogP contribution in [-0.4, -0.2) is 22.4 Å². The van der Waals surface area contributed by atoms with E-state index in [4.69, 9.17) is 5.73 Å². The minimum absolute atomic E-state index is 0.451. The monoisotopic (exact) mass is 148 g/mol. The zero-order valence-electron chi connectivity index (χ0n) is 4.98. The molecular weight excluding hydrogens is 140 g/mol. The molecule has 2 N–H and O–H groups in total. The van der Waals surface area contributed by atoms with Crippen molar-refractivity contribution < 1.29 is 4.92 Å². The minimum atomic E-state index is -0.775. The molecule has 0 amide bonds. The standard InChI is InChI=1S/C4H8N2O2S/c1-3(6(7)8)4(5)2-9/h2-4H,5H2,1H3. The first kappa shape index (κ1) is 8.45. The number of thiocarbonyl (C=S) groups is 1. The molecule has 0 fully saturated rings. The lowest BCUT2D eigenvalue weighted by Crippen LogP contribution is -2.38. The van der Waals surface area contributed by atoms with Crippen LogP contribution in [0.5, 0.6) is 0 Å². The summed E-state index contributed by atoms with van der Waals surface area (Å²) in [6, 6.07) is -1.39. The Hall–Kier alpha value is -0.550. The Labute approximate surface area is 58.2 Å². The van der Waals surface area contributed by atoms with Crippen LogP contribution < -0.4 is 5.73 Å². The largest absolute Gasteiger partial charge is 0.318 e. The molecular formula is C4H8N2O2S. The predicted molar refractivity (Wildman–Crippen MR) is 38.1 cm³/mol. The van der Waals surface area contributed by atoms with E-state index in [9.17, 15) is 10.1 Å². The van der Waals surface area contributed by atoms with E-state index >= 15 is 0 Å². The number of rotatable bonds is 3. The number of nitro groups is 1. The molecule has 0 rings (SSSR count). The maximum Gasteiger partial charge on any atom is 0.229 e. The lowest BCUT2D eigenvalue weighted by Gasteiger charge is -2.05. The first-order valence-corrected chi connectivity index (χ1v) is 2.91. The Morgan fingerprint density at radius 2 is 2.33 bits per heavy atom. The second-order valence-electron chi connectivity index (χ2n) is 1.74. The van der Waals surface area contributed by atoms with Gasteiger partial charge in [0.05, 0.1) is 0 Å². The Morgan fingerprint density at radius 3 is 2.44 bits per heavy atom. The Balaban J connectivity index is 3.86.